The standard InChI is InChI=1S/C12H22N2O2S/c1-12(6-8-14(17)9-7-12)13-11(15)16-10-4-2-3-5-10/h10,17H,2-9H2,1H3,(H,13,15). The molecule has 0 spiro atoms. The van der Waals surface area contributed by atoms with Crippen LogP contribution >= 0.6 is 12.8 Å². The summed E-state index contributed by atoms with van der Waals surface area (Å²) in [5.41, 5.74) is -0.130. The molecule has 4 nitrogen and oxygen atoms in total. The SMILES string of the molecule is CC1(NC(=O)OC2CCCC2)CCN(S)CC1. The van der Waals surface area contributed by atoms with Crippen molar-refractivity contribution in [1.82, 2.24) is 9.62 Å². The summed E-state index contributed by atoms with van der Waals surface area (Å²) in [6, 6.07) is 0. The van der Waals surface area contributed by atoms with Crippen LogP contribution in [0.15, 0.2) is 0 Å². The van der Waals surface area contributed by atoms with Crippen molar-refractivity contribution >= 4 is 18.9 Å². The van der Waals surface area contributed by atoms with Gasteiger partial charge >= 0.3 is 6.09 Å². The fourth-order valence-electron chi connectivity index (χ4n) is 2.55. The number of nitrogens with one attached hydrogen (secondary N) is 1. The van der Waals surface area contributed by atoms with Gasteiger partial charge in [-0.05, 0) is 45.4 Å². The average Bonchev–Trinajstić information content (AvgIpc) is 2.75. The second-order valence-electron chi connectivity index (χ2n) is 5.45. The molecule has 2 fully saturated rings. The first-order chi connectivity index (χ1) is 8.07. The Bertz CT molecular complexity index is 272. The number of rotatable bonds is 2. The molecule has 1 amide bonds. The van der Waals surface area contributed by atoms with E-state index in [2.05, 4.69) is 25.1 Å². The van der Waals surface area contributed by atoms with E-state index >= 15 is 0 Å². The molecule has 0 aromatic carbocycles. The Morgan fingerprint density at radius 3 is 2.53 bits per heavy atom. The number of alkyl carbamates (subject to hydrolysis) is 1. The minimum Gasteiger partial charge on any atom is -0.446 e. The summed E-state index contributed by atoms with van der Waals surface area (Å²) in [6.45, 7) is 3.90. The van der Waals surface area contributed by atoms with Crippen LogP contribution in [0, 0.1) is 0 Å². The Hall–Kier alpha value is -0.420. The third kappa shape index (κ3) is 3.78. The lowest BCUT2D eigenvalue weighted by Gasteiger charge is -2.37. The highest BCUT2D eigenvalue weighted by atomic mass is 32.1. The van der Waals surface area contributed by atoms with Gasteiger partial charge in [0.1, 0.15) is 6.10 Å². The van der Waals surface area contributed by atoms with E-state index in [1.807, 2.05) is 4.31 Å². The molecule has 17 heavy (non-hydrogen) atoms. The molecule has 0 aromatic rings. The second-order valence-corrected chi connectivity index (χ2v) is 6.02. The Balaban J connectivity index is 1.77. The van der Waals surface area contributed by atoms with Crippen LogP contribution < -0.4 is 5.32 Å². The highest BCUT2D eigenvalue weighted by molar-refractivity contribution is 7.77. The zero-order valence-corrected chi connectivity index (χ0v) is 11.3. The highest BCUT2D eigenvalue weighted by Gasteiger charge is 2.32. The molecular formula is C12H22N2O2S. The monoisotopic (exact) mass is 258 g/mol. The molecule has 1 aliphatic heterocycles. The van der Waals surface area contributed by atoms with Crippen molar-refractivity contribution < 1.29 is 9.53 Å². The number of thiol groups is 1. The molecule has 0 unspecified atom stereocenters. The first kappa shape index (κ1) is 13.0. The zero-order chi connectivity index (χ0) is 12.3. The topological polar surface area (TPSA) is 41.6 Å². The minimum atomic E-state index is -0.244. The van der Waals surface area contributed by atoms with Crippen molar-refractivity contribution in [2.45, 2.75) is 57.1 Å². The average molecular weight is 258 g/mol. The van der Waals surface area contributed by atoms with Crippen molar-refractivity contribution in [2.24, 2.45) is 0 Å². The molecule has 2 rings (SSSR count). The molecule has 2 aliphatic rings. The summed E-state index contributed by atoms with van der Waals surface area (Å²) in [4.78, 5) is 11.8. The maximum absolute atomic E-state index is 11.8. The number of carbonyl (C=O) groups is 1. The Labute approximate surface area is 109 Å². The predicted octanol–water partition coefficient (Wildman–Crippen LogP) is 2.35. The van der Waals surface area contributed by atoms with E-state index in [9.17, 15) is 4.79 Å². The number of ether oxygens (including phenoxy) is 1. The van der Waals surface area contributed by atoms with E-state index in [0.717, 1.165) is 38.8 Å². The maximum Gasteiger partial charge on any atom is 0.407 e. The molecule has 1 heterocycles. The fourth-order valence-corrected chi connectivity index (χ4v) is 2.75. The number of piperidine rings is 1. The van der Waals surface area contributed by atoms with Crippen LogP contribution in [0.1, 0.15) is 45.4 Å². The quantitative estimate of drug-likeness (QED) is 0.747. The zero-order valence-electron chi connectivity index (χ0n) is 10.4. The summed E-state index contributed by atoms with van der Waals surface area (Å²) in [5, 5.41) is 3.02. The van der Waals surface area contributed by atoms with Crippen LogP contribution in [-0.2, 0) is 4.74 Å². The van der Waals surface area contributed by atoms with E-state index in [-0.39, 0.29) is 17.7 Å². The van der Waals surface area contributed by atoms with Crippen molar-refractivity contribution in [3.8, 4) is 0 Å². The summed E-state index contributed by atoms with van der Waals surface area (Å²) < 4.78 is 7.42. The fraction of sp³-hybridized carbons (Fsp3) is 0.917. The van der Waals surface area contributed by atoms with Gasteiger partial charge in [-0.25, -0.2) is 4.79 Å². The predicted molar refractivity (Wildman–Crippen MR) is 70.1 cm³/mol. The van der Waals surface area contributed by atoms with Gasteiger partial charge < -0.3 is 10.1 Å². The van der Waals surface area contributed by atoms with Gasteiger partial charge in [-0.15, -0.1) is 0 Å². The van der Waals surface area contributed by atoms with Gasteiger partial charge in [0.2, 0.25) is 0 Å². The van der Waals surface area contributed by atoms with E-state index < -0.39 is 0 Å². The molecule has 5 heteroatoms. The maximum atomic E-state index is 11.8. The number of hydrogen-bond acceptors (Lipinski definition) is 4. The molecule has 1 aliphatic carbocycles. The smallest absolute Gasteiger partial charge is 0.407 e. The molecule has 0 atom stereocenters. The molecule has 0 radical (unpaired) electrons. The van der Waals surface area contributed by atoms with E-state index in [1.165, 1.54) is 12.8 Å². The van der Waals surface area contributed by atoms with Crippen LogP contribution in [0.3, 0.4) is 0 Å². The molecule has 0 bridgehead atoms. The van der Waals surface area contributed by atoms with Gasteiger partial charge in [0.05, 0.1) is 0 Å². The third-order valence-electron chi connectivity index (χ3n) is 3.82. The lowest BCUT2D eigenvalue weighted by Crippen LogP contribution is -2.52. The van der Waals surface area contributed by atoms with Gasteiger partial charge in [-0.1, -0.05) is 12.8 Å². The Morgan fingerprint density at radius 1 is 1.35 bits per heavy atom. The van der Waals surface area contributed by atoms with Gasteiger partial charge in [0.15, 0.2) is 0 Å². The van der Waals surface area contributed by atoms with Crippen LogP contribution in [0.5, 0.6) is 0 Å². The van der Waals surface area contributed by atoms with Crippen molar-refractivity contribution in [2.75, 3.05) is 13.1 Å². The molecule has 1 saturated heterocycles. The van der Waals surface area contributed by atoms with E-state index in [1.54, 1.807) is 0 Å². The summed E-state index contributed by atoms with van der Waals surface area (Å²) in [7, 11) is 0. The van der Waals surface area contributed by atoms with Crippen molar-refractivity contribution in [3.63, 3.8) is 0 Å². The molecule has 1 saturated carbocycles. The van der Waals surface area contributed by atoms with Crippen molar-refractivity contribution in [1.29, 1.82) is 0 Å². The van der Waals surface area contributed by atoms with Gasteiger partial charge in [0, 0.05) is 18.6 Å². The Morgan fingerprint density at radius 2 is 1.94 bits per heavy atom. The lowest BCUT2D eigenvalue weighted by molar-refractivity contribution is 0.0861. The van der Waals surface area contributed by atoms with Crippen molar-refractivity contribution in [3.05, 3.63) is 0 Å². The molecule has 0 aromatic heterocycles. The minimum absolute atomic E-state index is 0.130. The van der Waals surface area contributed by atoms with Crippen LogP contribution in [-0.4, -0.2) is 35.1 Å². The molecule has 98 valence electrons. The molecular weight excluding hydrogens is 236 g/mol. The van der Waals surface area contributed by atoms with Gasteiger partial charge in [-0.3, -0.25) is 4.31 Å². The van der Waals surface area contributed by atoms with E-state index in [4.69, 9.17) is 4.74 Å². The Kier molecular flexibility index (Phi) is 4.20. The van der Waals surface area contributed by atoms with Crippen LogP contribution in [0.25, 0.3) is 0 Å². The number of nitrogens with zero attached hydrogens (tertiary/aromatic N) is 1. The summed E-state index contributed by atoms with van der Waals surface area (Å²) in [5.74, 6) is 0. The normalized spacial score (nSPS) is 25.8. The number of hydrogen-bond donors (Lipinski definition) is 2. The van der Waals surface area contributed by atoms with Crippen LogP contribution in [0.4, 0.5) is 4.79 Å². The van der Waals surface area contributed by atoms with Crippen LogP contribution in [0.2, 0.25) is 0 Å². The van der Waals surface area contributed by atoms with Gasteiger partial charge in [0.25, 0.3) is 0 Å². The van der Waals surface area contributed by atoms with E-state index in [0.29, 0.717) is 0 Å². The summed E-state index contributed by atoms with van der Waals surface area (Å²) in [6.07, 6.45) is 6.17. The van der Waals surface area contributed by atoms with Gasteiger partial charge in [-0.2, -0.15) is 0 Å². The first-order valence-electron chi connectivity index (χ1n) is 6.50. The number of carbonyl (C=O) groups excluding carboxylic acids is 1. The second kappa shape index (κ2) is 5.48. The molecule has 1 N–H and O–H groups in total. The lowest BCUT2D eigenvalue weighted by atomic mass is 9.91. The highest BCUT2D eigenvalue weighted by Crippen LogP contribution is 2.24. The first-order valence-corrected chi connectivity index (χ1v) is 6.90. The largest absolute Gasteiger partial charge is 0.446 e. The number of amides is 1. The third-order valence-corrected chi connectivity index (χ3v) is 4.22. The summed E-state index contributed by atoms with van der Waals surface area (Å²) >= 11 is 4.31.